The van der Waals surface area contributed by atoms with Crippen LogP contribution in [0, 0.1) is 0 Å². The van der Waals surface area contributed by atoms with Crippen LogP contribution in [0.25, 0.3) is 0 Å². The van der Waals surface area contributed by atoms with Gasteiger partial charge in [0.1, 0.15) is 0 Å². The Morgan fingerprint density at radius 3 is 2.57 bits per heavy atom. The van der Waals surface area contributed by atoms with Gasteiger partial charge in [-0.3, -0.25) is 0 Å². The molecule has 0 spiro atoms. The van der Waals surface area contributed by atoms with Gasteiger partial charge in [-0.2, -0.15) is 0 Å². The molecule has 0 saturated carbocycles. The van der Waals surface area contributed by atoms with Gasteiger partial charge in [0, 0.05) is 0 Å². The van der Waals surface area contributed by atoms with E-state index in [0.29, 0.717) is 0 Å². The van der Waals surface area contributed by atoms with E-state index < -0.39 is 13.6 Å². The predicted molar refractivity (Wildman–Crippen MR) is 26.0 cm³/mol. The molecule has 0 fully saturated rings. The fourth-order valence-corrected chi connectivity index (χ4v) is 0.958. The molecule has 1 nitrogen and oxygen atoms in total. The second-order valence-electron chi connectivity index (χ2n) is 1.11. The fourth-order valence-electron chi connectivity index (χ4n) is 0.232. The van der Waals surface area contributed by atoms with Crippen LogP contribution in [0.5, 0.6) is 0 Å². The van der Waals surface area contributed by atoms with E-state index in [2.05, 4.69) is 6.58 Å². The molecule has 45 valence electrons. The van der Waals surface area contributed by atoms with E-state index in [4.69, 9.17) is 0 Å². The van der Waals surface area contributed by atoms with E-state index in [9.17, 15) is 3.87 Å². The molecule has 2 heteroatoms. The second kappa shape index (κ2) is 4.21. The predicted octanol–water partition coefficient (Wildman–Crippen LogP) is 1.92. The van der Waals surface area contributed by atoms with Gasteiger partial charge in [-0.15, -0.1) is 0 Å². The van der Waals surface area contributed by atoms with Crippen molar-refractivity contribution in [3.63, 3.8) is 0 Å². The monoisotopic (exact) mass is 145 g/mol. The Labute approximate surface area is 48.4 Å². The molecule has 0 aliphatic carbocycles. The topological polar surface area (TPSA) is 17.1 Å². The molecular weight excluding hydrogens is 135 g/mol. The SMILES string of the molecule is C=[CH][Co](=[O])[CH2]CC. The van der Waals surface area contributed by atoms with Crippen molar-refractivity contribution in [2.45, 2.75) is 18.7 Å². The van der Waals surface area contributed by atoms with Gasteiger partial charge in [0.25, 0.3) is 0 Å². The normalized spacial score (nSPS) is 10.7. The van der Waals surface area contributed by atoms with Crippen molar-refractivity contribution < 1.29 is 17.5 Å². The standard InChI is InChI=1S/C3H7.C2H3.Co.O/c1-3-2;1-2;;/h1,3H2,2H3;1H,2H2;;. The minimum atomic E-state index is -1.05. The Hall–Kier alpha value is 0.0465. The summed E-state index contributed by atoms with van der Waals surface area (Å²) in [6, 6.07) is 0. The molecule has 0 heterocycles. The van der Waals surface area contributed by atoms with Crippen molar-refractivity contribution in [1.29, 1.82) is 0 Å². The van der Waals surface area contributed by atoms with Gasteiger partial charge >= 0.3 is 47.7 Å². The summed E-state index contributed by atoms with van der Waals surface area (Å²) in [6.07, 6.45) is 0.986. The Bertz CT molecular complexity index is 78.1. The molecule has 7 heavy (non-hydrogen) atoms. The summed E-state index contributed by atoms with van der Waals surface area (Å²) in [6.45, 7) is 5.40. The van der Waals surface area contributed by atoms with Crippen molar-refractivity contribution in [2.75, 3.05) is 0 Å². The Balaban J connectivity index is 3.17. The maximum absolute atomic E-state index is 10.4. The van der Waals surface area contributed by atoms with Crippen LogP contribution in [-0.4, -0.2) is 0 Å². The quantitative estimate of drug-likeness (QED) is 0.592. The average molecular weight is 145 g/mol. The third kappa shape index (κ3) is 3.89. The Kier molecular flexibility index (Phi) is 4.24. The van der Waals surface area contributed by atoms with Gasteiger partial charge in [-0.1, -0.05) is 0 Å². The van der Waals surface area contributed by atoms with E-state index in [1.54, 1.807) is 0 Å². The molecule has 0 aromatic rings. The zero-order valence-corrected chi connectivity index (χ0v) is 5.48. The van der Waals surface area contributed by atoms with Gasteiger partial charge in [0.05, 0.1) is 0 Å². The first kappa shape index (κ1) is 7.05. The van der Waals surface area contributed by atoms with E-state index in [1.807, 2.05) is 6.92 Å². The fraction of sp³-hybridized carbons (Fsp3) is 0.600. The Morgan fingerprint density at radius 2 is 2.43 bits per heavy atom. The molecule has 0 aromatic carbocycles. The molecule has 0 amide bonds. The molecule has 0 saturated heterocycles. The molecule has 0 aliphatic rings. The molecular formula is C5H10CoO. The second-order valence-corrected chi connectivity index (χ2v) is 3.03. The number of hydrogen-bond donors (Lipinski definition) is 0. The molecule has 0 atom stereocenters. The van der Waals surface area contributed by atoms with Crippen LogP contribution in [0.1, 0.15) is 13.3 Å². The van der Waals surface area contributed by atoms with Crippen LogP contribution < -0.4 is 0 Å². The summed E-state index contributed by atoms with van der Waals surface area (Å²) in [5.74, 6) is 0. The van der Waals surface area contributed by atoms with Gasteiger partial charge < -0.3 is 0 Å². The molecule has 0 aliphatic heterocycles. The molecule has 0 aromatic heterocycles. The zero-order valence-electron chi connectivity index (χ0n) is 4.44. The third-order valence-electron chi connectivity index (χ3n) is 0.483. The Morgan fingerprint density at radius 1 is 1.86 bits per heavy atom. The van der Waals surface area contributed by atoms with Crippen molar-refractivity contribution >= 4 is 0 Å². The first-order chi connectivity index (χ1) is 3.31. The van der Waals surface area contributed by atoms with Crippen LogP contribution in [0.2, 0.25) is 5.36 Å². The summed E-state index contributed by atoms with van der Waals surface area (Å²) >= 11 is -1.05. The van der Waals surface area contributed by atoms with Crippen molar-refractivity contribution in [1.82, 2.24) is 0 Å². The van der Waals surface area contributed by atoms with E-state index in [-0.39, 0.29) is 0 Å². The van der Waals surface area contributed by atoms with Gasteiger partial charge in [0.2, 0.25) is 0 Å². The summed E-state index contributed by atoms with van der Waals surface area (Å²) in [5.41, 5.74) is 0. The van der Waals surface area contributed by atoms with Crippen LogP contribution in [0.15, 0.2) is 11.6 Å². The zero-order chi connectivity index (χ0) is 5.70. The first-order valence-electron chi connectivity index (χ1n) is 2.18. The minimum absolute atomic E-state index is 0.788. The summed E-state index contributed by atoms with van der Waals surface area (Å²) in [5, 5.41) is 2.30. The van der Waals surface area contributed by atoms with Gasteiger partial charge in [0.15, 0.2) is 0 Å². The number of rotatable bonds is 3. The van der Waals surface area contributed by atoms with E-state index in [0.717, 1.165) is 11.8 Å². The molecule has 0 unspecified atom stereocenters. The van der Waals surface area contributed by atoms with E-state index in [1.165, 1.54) is 5.01 Å². The van der Waals surface area contributed by atoms with E-state index >= 15 is 0 Å². The molecule has 0 radical (unpaired) electrons. The van der Waals surface area contributed by atoms with Crippen molar-refractivity contribution in [2.24, 2.45) is 0 Å². The molecule has 0 bridgehead atoms. The maximum atomic E-state index is 10.4. The van der Waals surface area contributed by atoms with Crippen molar-refractivity contribution in [3.05, 3.63) is 11.6 Å². The first-order valence-corrected chi connectivity index (χ1v) is 3.94. The molecule has 0 rings (SSSR count). The van der Waals surface area contributed by atoms with Crippen molar-refractivity contribution in [3.8, 4) is 0 Å². The third-order valence-corrected chi connectivity index (χ3v) is 1.99. The van der Waals surface area contributed by atoms with Gasteiger partial charge in [-0.25, -0.2) is 0 Å². The summed E-state index contributed by atoms with van der Waals surface area (Å²) in [4.78, 5) is 0. The average Bonchev–Trinajstić information content (AvgIpc) is 1.68. The van der Waals surface area contributed by atoms with Crippen LogP contribution in [-0.2, 0) is 17.5 Å². The van der Waals surface area contributed by atoms with Gasteiger partial charge in [-0.05, 0) is 0 Å². The molecule has 0 N–H and O–H groups in total. The summed E-state index contributed by atoms with van der Waals surface area (Å²) in [7, 11) is 0. The van der Waals surface area contributed by atoms with Crippen LogP contribution in [0.3, 0.4) is 0 Å². The summed E-state index contributed by atoms with van der Waals surface area (Å²) < 4.78 is 10.4. The van der Waals surface area contributed by atoms with Crippen LogP contribution >= 0.6 is 0 Å². The van der Waals surface area contributed by atoms with Crippen LogP contribution in [0.4, 0.5) is 0 Å². The number of hydrogen-bond acceptors (Lipinski definition) is 1.